The van der Waals surface area contributed by atoms with E-state index >= 15 is 0 Å². The van der Waals surface area contributed by atoms with Crippen molar-refractivity contribution in [2.75, 3.05) is 31.5 Å². The largest absolute Gasteiger partial charge is 0.416 e. The van der Waals surface area contributed by atoms with Crippen molar-refractivity contribution in [1.82, 2.24) is 9.88 Å². The van der Waals surface area contributed by atoms with Crippen molar-refractivity contribution in [2.24, 2.45) is 0 Å². The molecule has 0 amide bonds. The van der Waals surface area contributed by atoms with Gasteiger partial charge in [-0.25, -0.2) is 4.98 Å². The lowest BCUT2D eigenvalue weighted by atomic mass is 10.2. The van der Waals surface area contributed by atoms with Crippen LogP contribution in [0.15, 0.2) is 18.3 Å². The van der Waals surface area contributed by atoms with Crippen molar-refractivity contribution < 1.29 is 13.2 Å². The lowest BCUT2D eigenvalue weighted by Gasteiger charge is -2.17. The van der Waals surface area contributed by atoms with E-state index in [0.717, 1.165) is 38.2 Å². The summed E-state index contributed by atoms with van der Waals surface area (Å²) in [7, 11) is 0. The molecule has 0 aromatic carbocycles. The summed E-state index contributed by atoms with van der Waals surface area (Å²) in [5, 5.41) is 2.92. The van der Waals surface area contributed by atoms with Gasteiger partial charge in [0.2, 0.25) is 0 Å². The first-order chi connectivity index (χ1) is 8.97. The van der Waals surface area contributed by atoms with Crippen molar-refractivity contribution in [1.29, 1.82) is 0 Å². The molecule has 1 aromatic heterocycles. The van der Waals surface area contributed by atoms with Crippen LogP contribution in [0.5, 0.6) is 0 Å². The average Bonchev–Trinajstić information content (AvgIpc) is 2.38. The number of aromatic nitrogens is 1. The third kappa shape index (κ3) is 5.46. The maximum atomic E-state index is 12.5. The van der Waals surface area contributed by atoms with Gasteiger partial charge in [0.05, 0.1) is 5.56 Å². The molecule has 1 aromatic rings. The fourth-order valence-corrected chi connectivity index (χ4v) is 1.76. The Morgan fingerprint density at radius 2 is 1.95 bits per heavy atom. The zero-order valence-corrected chi connectivity index (χ0v) is 11.3. The number of hydrogen-bond donors (Lipinski definition) is 1. The molecule has 19 heavy (non-hydrogen) atoms. The Morgan fingerprint density at radius 1 is 1.26 bits per heavy atom. The monoisotopic (exact) mass is 275 g/mol. The van der Waals surface area contributed by atoms with Crippen molar-refractivity contribution >= 4 is 5.82 Å². The Kier molecular flexibility index (Phi) is 6.08. The Hall–Kier alpha value is -1.30. The van der Waals surface area contributed by atoms with Crippen LogP contribution < -0.4 is 5.32 Å². The van der Waals surface area contributed by atoms with Gasteiger partial charge in [-0.15, -0.1) is 0 Å². The van der Waals surface area contributed by atoms with Crippen molar-refractivity contribution in [3.63, 3.8) is 0 Å². The summed E-state index contributed by atoms with van der Waals surface area (Å²) in [6.07, 6.45) is -2.27. The van der Waals surface area contributed by atoms with Crippen LogP contribution in [-0.4, -0.2) is 36.1 Å². The smallest absolute Gasteiger partial charge is 0.370 e. The predicted molar refractivity (Wildman–Crippen MR) is 70.1 cm³/mol. The fraction of sp³-hybridized carbons (Fsp3) is 0.615. The summed E-state index contributed by atoms with van der Waals surface area (Å²) in [6.45, 7) is 7.69. The van der Waals surface area contributed by atoms with Crippen LogP contribution in [0.4, 0.5) is 19.0 Å². The molecule has 1 N–H and O–H groups in total. The Balaban J connectivity index is 2.42. The summed E-state index contributed by atoms with van der Waals surface area (Å²) in [5.41, 5.74) is -0.672. The molecule has 3 nitrogen and oxygen atoms in total. The minimum Gasteiger partial charge on any atom is -0.370 e. The van der Waals surface area contributed by atoms with Crippen LogP contribution >= 0.6 is 0 Å². The first kappa shape index (κ1) is 15.8. The zero-order valence-electron chi connectivity index (χ0n) is 11.3. The standard InChI is InChI=1S/C13H20F3N3/c1-3-19(4-2)9-5-7-17-12-10-11(6-8-18-12)13(14,15)16/h6,8,10H,3-5,7,9H2,1-2H3,(H,17,18). The molecule has 0 aliphatic carbocycles. The molecule has 0 saturated heterocycles. The van der Waals surface area contributed by atoms with Crippen molar-refractivity contribution in [3.05, 3.63) is 23.9 Å². The molecule has 0 aliphatic rings. The molecule has 0 saturated carbocycles. The fourth-order valence-electron chi connectivity index (χ4n) is 1.76. The van der Waals surface area contributed by atoms with E-state index in [0.29, 0.717) is 6.54 Å². The number of halogens is 3. The van der Waals surface area contributed by atoms with Crippen molar-refractivity contribution in [2.45, 2.75) is 26.4 Å². The average molecular weight is 275 g/mol. The van der Waals surface area contributed by atoms with Crippen LogP contribution in [-0.2, 0) is 6.18 Å². The minimum absolute atomic E-state index is 0.273. The van der Waals surface area contributed by atoms with Gasteiger partial charge in [0.1, 0.15) is 5.82 Å². The summed E-state index contributed by atoms with van der Waals surface area (Å²) >= 11 is 0. The third-order valence-corrected chi connectivity index (χ3v) is 2.94. The van der Waals surface area contributed by atoms with E-state index in [1.807, 2.05) is 0 Å². The number of anilines is 1. The number of alkyl halides is 3. The van der Waals surface area contributed by atoms with Gasteiger partial charge in [0.15, 0.2) is 0 Å². The molecule has 0 unspecified atom stereocenters. The zero-order chi connectivity index (χ0) is 14.3. The molecular weight excluding hydrogens is 255 g/mol. The van der Waals surface area contributed by atoms with Crippen molar-refractivity contribution in [3.8, 4) is 0 Å². The molecule has 0 radical (unpaired) electrons. The molecule has 6 heteroatoms. The van der Waals surface area contributed by atoms with E-state index in [-0.39, 0.29) is 5.82 Å². The van der Waals surface area contributed by atoms with Gasteiger partial charge in [-0.2, -0.15) is 13.2 Å². The Labute approximate surface area is 111 Å². The Morgan fingerprint density at radius 3 is 2.53 bits per heavy atom. The third-order valence-electron chi connectivity index (χ3n) is 2.94. The van der Waals surface area contributed by atoms with Gasteiger partial charge in [-0.1, -0.05) is 13.8 Å². The van der Waals surface area contributed by atoms with Gasteiger partial charge in [0, 0.05) is 12.7 Å². The highest BCUT2D eigenvalue weighted by atomic mass is 19.4. The maximum Gasteiger partial charge on any atom is 0.416 e. The van der Waals surface area contributed by atoms with Gasteiger partial charge in [0.25, 0.3) is 0 Å². The maximum absolute atomic E-state index is 12.5. The number of hydrogen-bond acceptors (Lipinski definition) is 3. The molecule has 1 rings (SSSR count). The molecule has 0 bridgehead atoms. The van der Waals surface area contributed by atoms with Crippen LogP contribution in [0, 0.1) is 0 Å². The molecule has 0 aliphatic heterocycles. The molecular formula is C13H20F3N3. The molecule has 0 spiro atoms. The van der Waals surface area contributed by atoms with Crippen LogP contribution in [0.2, 0.25) is 0 Å². The highest BCUT2D eigenvalue weighted by molar-refractivity contribution is 5.38. The van der Waals surface area contributed by atoms with Gasteiger partial charge in [-0.3, -0.25) is 0 Å². The SMILES string of the molecule is CCN(CC)CCCNc1cc(C(F)(F)F)ccn1. The van der Waals surface area contributed by atoms with Crippen LogP contribution in [0.1, 0.15) is 25.8 Å². The van der Waals surface area contributed by atoms with Crippen LogP contribution in [0.3, 0.4) is 0 Å². The van der Waals surface area contributed by atoms with Gasteiger partial charge in [-0.05, 0) is 38.2 Å². The normalized spacial score (nSPS) is 11.9. The number of pyridine rings is 1. The summed E-state index contributed by atoms with van der Waals surface area (Å²) in [4.78, 5) is 6.15. The van der Waals surface area contributed by atoms with Gasteiger partial charge >= 0.3 is 6.18 Å². The van der Waals surface area contributed by atoms with E-state index in [1.54, 1.807) is 0 Å². The highest BCUT2D eigenvalue weighted by Crippen LogP contribution is 2.29. The lowest BCUT2D eigenvalue weighted by Crippen LogP contribution is -2.25. The first-order valence-electron chi connectivity index (χ1n) is 6.46. The predicted octanol–water partition coefficient (Wildman–Crippen LogP) is 3.24. The second-order valence-corrected chi connectivity index (χ2v) is 4.23. The topological polar surface area (TPSA) is 28.2 Å². The van der Waals surface area contributed by atoms with E-state index in [9.17, 15) is 13.2 Å². The number of nitrogens with one attached hydrogen (secondary N) is 1. The number of nitrogens with zero attached hydrogens (tertiary/aromatic N) is 2. The molecule has 0 atom stereocenters. The number of rotatable bonds is 7. The lowest BCUT2D eigenvalue weighted by molar-refractivity contribution is -0.137. The summed E-state index contributed by atoms with van der Waals surface area (Å²) in [6, 6.07) is 2.01. The first-order valence-corrected chi connectivity index (χ1v) is 6.46. The minimum atomic E-state index is -4.32. The molecule has 108 valence electrons. The Bertz CT molecular complexity index is 376. The second kappa shape index (κ2) is 7.33. The quantitative estimate of drug-likeness (QED) is 0.774. The highest BCUT2D eigenvalue weighted by Gasteiger charge is 2.30. The molecule has 0 fully saturated rings. The molecule has 1 heterocycles. The van der Waals surface area contributed by atoms with Gasteiger partial charge < -0.3 is 10.2 Å². The summed E-state index contributed by atoms with van der Waals surface area (Å²) < 4.78 is 37.5. The summed E-state index contributed by atoms with van der Waals surface area (Å²) in [5.74, 6) is 0.273. The van der Waals surface area contributed by atoms with E-state index in [4.69, 9.17) is 0 Å². The van der Waals surface area contributed by atoms with E-state index in [2.05, 4.69) is 29.0 Å². The van der Waals surface area contributed by atoms with Crippen LogP contribution in [0.25, 0.3) is 0 Å². The van der Waals surface area contributed by atoms with E-state index < -0.39 is 11.7 Å². The second-order valence-electron chi connectivity index (χ2n) is 4.23. The van der Waals surface area contributed by atoms with E-state index in [1.165, 1.54) is 6.20 Å².